The third-order valence-corrected chi connectivity index (χ3v) is 8.31. The Morgan fingerprint density at radius 3 is 2.72 bits per heavy atom. The normalized spacial score (nSPS) is 56.1. The molecule has 4 nitrogen and oxygen atoms in total. The van der Waals surface area contributed by atoms with Crippen LogP contribution in [0, 0.1) is 28.6 Å². The van der Waals surface area contributed by atoms with E-state index in [1.807, 2.05) is 6.92 Å². The van der Waals surface area contributed by atoms with Crippen LogP contribution in [0.25, 0.3) is 0 Å². The molecule has 2 N–H and O–H groups in total. The summed E-state index contributed by atoms with van der Waals surface area (Å²) in [5, 5.41) is 20.6. The molecule has 3 fully saturated rings. The summed E-state index contributed by atoms with van der Waals surface area (Å²) in [6.45, 7) is 3.43. The van der Waals surface area contributed by atoms with E-state index in [4.69, 9.17) is 2.74 Å². The largest absolute Gasteiger partial charge is 0.388 e. The Balaban J connectivity index is 1.72. The topological polar surface area (TPSA) is 74.6 Å². The molecule has 0 spiro atoms. The van der Waals surface area contributed by atoms with Crippen LogP contribution in [-0.4, -0.2) is 34.0 Å². The highest BCUT2D eigenvalue weighted by Crippen LogP contribution is 2.67. The summed E-state index contributed by atoms with van der Waals surface area (Å²) < 4.78 is 16.9. The summed E-state index contributed by atoms with van der Waals surface area (Å²) >= 11 is 0. The lowest BCUT2D eigenvalue weighted by molar-refractivity contribution is -0.164. The summed E-state index contributed by atoms with van der Waals surface area (Å²) in [5.74, 6) is -0.0684. The van der Waals surface area contributed by atoms with E-state index < -0.39 is 41.6 Å². The van der Waals surface area contributed by atoms with E-state index in [1.165, 1.54) is 0 Å². The van der Waals surface area contributed by atoms with Gasteiger partial charge in [0.15, 0.2) is 11.6 Å². The van der Waals surface area contributed by atoms with Crippen LogP contribution in [0.4, 0.5) is 0 Å². The number of rotatable bonds is 2. The van der Waals surface area contributed by atoms with Crippen molar-refractivity contribution in [2.75, 3.05) is 6.61 Å². The summed E-state index contributed by atoms with van der Waals surface area (Å²) in [6.07, 6.45) is 4.09. The van der Waals surface area contributed by atoms with Crippen molar-refractivity contribution >= 4 is 11.6 Å². The van der Waals surface area contributed by atoms with E-state index in [1.54, 1.807) is 6.08 Å². The molecule has 4 rings (SSSR count). The smallest absolute Gasteiger partial charge is 0.190 e. The van der Waals surface area contributed by atoms with Gasteiger partial charge in [-0.05, 0) is 74.2 Å². The average molecular weight is 350 g/mol. The second-order valence-electron chi connectivity index (χ2n) is 9.04. The minimum Gasteiger partial charge on any atom is -0.388 e. The SMILES string of the molecule is [3H]C1C(=O)C=C2CC[C@H]3[C@@H]4CC[C@](O)(C(=O)CO)[C@@]4(C)CC[C@@H]3[C@@]2(C)C1[3H]. The van der Waals surface area contributed by atoms with E-state index >= 15 is 0 Å². The molecule has 0 amide bonds. The molecule has 3 saturated carbocycles. The van der Waals surface area contributed by atoms with Gasteiger partial charge < -0.3 is 10.2 Å². The Morgan fingerprint density at radius 1 is 1.28 bits per heavy atom. The summed E-state index contributed by atoms with van der Waals surface area (Å²) in [7, 11) is 0. The molecule has 0 aliphatic heterocycles. The van der Waals surface area contributed by atoms with Crippen LogP contribution >= 0.6 is 0 Å². The van der Waals surface area contributed by atoms with Crippen molar-refractivity contribution in [1.29, 1.82) is 0 Å². The lowest BCUT2D eigenvalue weighted by Gasteiger charge is -2.58. The minimum absolute atomic E-state index is 0.170. The van der Waals surface area contributed by atoms with Crippen LogP contribution < -0.4 is 0 Å². The Hall–Kier alpha value is -1.00. The Kier molecular flexibility index (Phi) is 3.32. The van der Waals surface area contributed by atoms with Crippen LogP contribution in [0.3, 0.4) is 0 Å². The number of ketones is 2. The van der Waals surface area contributed by atoms with Gasteiger partial charge in [-0.25, -0.2) is 0 Å². The first kappa shape index (κ1) is 15.1. The highest BCUT2D eigenvalue weighted by molar-refractivity contribution is 5.91. The molecule has 2 unspecified atom stereocenters. The monoisotopic (exact) mass is 350 g/mol. The van der Waals surface area contributed by atoms with Crippen molar-refractivity contribution in [1.82, 2.24) is 0 Å². The third-order valence-electron chi connectivity index (χ3n) is 8.31. The van der Waals surface area contributed by atoms with Gasteiger partial charge in [0.1, 0.15) is 12.2 Å². The van der Waals surface area contributed by atoms with Crippen LogP contribution in [0.1, 0.15) is 67.9 Å². The van der Waals surface area contributed by atoms with Crippen molar-refractivity contribution in [3.05, 3.63) is 11.6 Å². The maximum Gasteiger partial charge on any atom is 0.190 e. The number of carbonyl (C=O) groups excluding carboxylic acids is 2. The predicted octanol–water partition coefficient (Wildman–Crippen LogP) is 2.81. The van der Waals surface area contributed by atoms with Crippen LogP contribution in [0.5, 0.6) is 0 Å². The molecule has 138 valence electrons. The molecule has 0 bridgehead atoms. The first-order valence-electron chi connectivity index (χ1n) is 10.7. The Morgan fingerprint density at radius 2 is 2.00 bits per heavy atom. The van der Waals surface area contributed by atoms with Crippen molar-refractivity contribution in [2.45, 2.75) is 70.8 Å². The maximum atomic E-state index is 12.4. The molecule has 4 heteroatoms. The van der Waals surface area contributed by atoms with Crippen molar-refractivity contribution in [3.63, 3.8) is 0 Å². The average Bonchev–Trinajstić information content (AvgIpc) is 2.93. The molecule has 8 atom stereocenters. The number of hydrogen-bond donors (Lipinski definition) is 2. The Labute approximate surface area is 152 Å². The van der Waals surface area contributed by atoms with E-state index in [0.717, 1.165) is 31.3 Å². The van der Waals surface area contributed by atoms with Gasteiger partial charge in [-0.15, -0.1) is 0 Å². The minimum atomic E-state index is -1.46. The number of carbonyl (C=O) groups is 2. The molecule has 25 heavy (non-hydrogen) atoms. The van der Waals surface area contributed by atoms with E-state index in [-0.39, 0.29) is 23.5 Å². The highest BCUT2D eigenvalue weighted by atomic mass is 16.3. The molecule has 4 aliphatic carbocycles. The summed E-state index contributed by atoms with van der Waals surface area (Å²) in [6, 6.07) is 0. The standard InChI is InChI=1S/C21H30O4/c1-19-8-5-14(23)11-13(19)3-4-15-16(19)6-9-20(2)17(15)7-10-21(20,25)18(24)12-22/h11,15-17,22,25H,3-10,12H2,1-2H3/t15-,16+,17+,19+,20+,21+/m1/s1/i5T,8T/t5?,8?,15-,16+,17+,19+,20+,21+. The van der Waals surface area contributed by atoms with Gasteiger partial charge in [-0.2, -0.15) is 0 Å². The van der Waals surface area contributed by atoms with Gasteiger partial charge in [-0.1, -0.05) is 19.4 Å². The number of allylic oxidation sites excluding steroid dienone is 1. The number of hydrogen-bond acceptors (Lipinski definition) is 4. The fraction of sp³-hybridized carbons (Fsp3) is 0.810. The number of aliphatic hydroxyl groups is 2. The van der Waals surface area contributed by atoms with Gasteiger partial charge in [0.25, 0.3) is 0 Å². The summed E-state index contributed by atoms with van der Waals surface area (Å²) in [4.78, 5) is 24.5. The van der Waals surface area contributed by atoms with Gasteiger partial charge in [0.05, 0.1) is 0 Å². The van der Waals surface area contributed by atoms with Gasteiger partial charge >= 0.3 is 0 Å². The van der Waals surface area contributed by atoms with Gasteiger partial charge in [0.2, 0.25) is 0 Å². The summed E-state index contributed by atoms with van der Waals surface area (Å²) in [5.41, 5.74) is -1.46. The predicted molar refractivity (Wildman–Crippen MR) is 93.8 cm³/mol. The fourth-order valence-corrected chi connectivity index (χ4v) is 6.80. The van der Waals surface area contributed by atoms with Crippen molar-refractivity contribution in [3.8, 4) is 0 Å². The molecule has 0 heterocycles. The molecule has 0 saturated heterocycles. The van der Waals surface area contributed by atoms with Crippen LogP contribution in [-0.2, 0) is 9.59 Å². The number of fused-ring (bicyclic) bond motifs is 5. The zero-order chi connectivity index (χ0) is 19.8. The van der Waals surface area contributed by atoms with Crippen molar-refractivity contribution < 1.29 is 22.5 Å². The Bertz CT molecular complexity index is 721. The van der Waals surface area contributed by atoms with Gasteiger partial charge in [-0.3, -0.25) is 9.59 Å². The van der Waals surface area contributed by atoms with E-state index in [2.05, 4.69) is 6.92 Å². The molecule has 0 aromatic carbocycles. The fourth-order valence-electron chi connectivity index (χ4n) is 6.80. The molecule has 4 aliphatic rings. The zero-order valence-corrected chi connectivity index (χ0v) is 15.1. The van der Waals surface area contributed by atoms with Gasteiger partial charge in [0, 0.05) is 14.6 Å². The second-order valence-corrected chi connectivity index (χ2v) is 9.04. The third kappa shape index (κ3) is 2.13. The first-order valence-corrected chi connectivity index (χ1v) is 9.57. The van der Waals surface area contributed by atoms with Crippen molar-refractivity contribution in [2.24, 2.45) is 28.6 Å². The molecular weight excluding hydrogens is 316 g/mol. The first-order chi connectivity index (χ1) is 12.6. The highest BCUT2D eigenvalue weighted by Gasteiger charge is 2.65. The van der Waals surface area contributed by atoms with Crippen LogP contribution in [0.2, 0.25) is 0 Å². The maximum absolute atomic E-state index is 12.4. The number of aliphatic hydroxyl groups excluding tert-OH is 1. The quantitative estimate of drug-likeness (QED) is 0.803. The second kappa shape index (κ2) is 5.50. The lowest BCUT2D eigenvalue weighted by Crippen LogP contribution is -2.58. The van der Waals surface area contributed by atoms with E-state index in [9.17, 15) is 19.8 Å². The molecule has 0 aromatic heterocycles. The molecular formula is C21H30O4. The zero-order valence-electron chi connectivity index (χ0n) is 17.1. The number of Topliss-reactive ketones (excluding diaryl/α,β-unsaturated/α-hetero) is 1. The van der Waals surface area contributed by atoms with Crippen LogP contribution in [0.15, 0.2) is 11.6 Å². The molecule has 0 aromatic rings. The molecule has 0 radical (unpaired) electrons. The lowest BCUT2D eigenvalue weighted by atomic mass is 9.46. The van der Waals surface area contributed by atoms with E-state index in [0.29, 0.717) is 12.8 Å².